The fraction of sp³-hybridized carbons (Fsp3) is 0.778. The normalized spacial score (nSPS) is 18.7. The molecule has 0 aliphatic carbocycles. The van der Waals surface area contributed by atoms with E-state index in [0.717, 1.165) is 58.1 Å². The summed E-state index contributed by atoms with van der Waals surface area (Å²) in [5.41, 5.74) is 1.27. The number of guanidine groups is 1. The van der Waals surface area contributed by atoms with Crippen molar-refractivity contribution in [3.63, 3.8) is 0 Å². The molecule has 1 aliphatic heterocycles. The number of aromatic nitrogens is 2. The Labute approximate surface area is 175 Å². The Balaban J connectivity index is 0.00000338. The third-order valence-electron chi connectivity index (χ3n) is 4.26. The molecule has 1 aliphatic rings. The molecule has 2 N–H and O–H groups in total. The second-order valence-electron chi connectivity index (χ2n) is 7.15. The van der Waals surface area contributed by atoms with Crippen LogP contribution in [0.3, 0.4) is 0 Å². The van der Waals surface area contributed by atoms with Gasteiger partial charge in [-0.2, -0.15) is 5.10 Å². The van der Waals surface area contributed by atoms with Gasteiger partial charge in [0, 0.05) is 53.0 Å². The standard InChI is InChI=1S/C18H34N6O.HI/c1-15(2)12-24-8-9-25-17(14-24)11-21-18(19-3)20-7-5-6-16-10-22-23(4)13-16;/h10,13,15,17H,5-9,11-12,14H2,1-4H3,(H2,19,20,21);1H. The summed E-state index contributed by atoms with van der Waals surface area (Å²) in [5.74, 6) is 1.54. The molecular weight excluding hydrogens is 443 g/mol. The van der Waals surface area contributed by atoms with Gasteiger partial charge in [-0.15, -0.1) is 24.0 Å². The Morgan fingerprint density at radius 1 is 1.42 bits per heavy atom. The average molecular weight is 478 g/mol. The Morgan fingerprint density at radius 2 is 2.23 bits per heavy atom. The van der Waals surface area contributed by atoms with E-state index in [1.54, 1.807) is 0 Å². The number of hydrogen-bond acceptors (Lipinski definition) is 4. The van der Waals surface area contributed by atoms with Gasteiger partial charge in [0.05, 0.1) is 18.9 Å². The van der Waals surface area contributed by atoms with E-state index in [0.29, 0.717) is 5.92 Å². The highest BCUT2D eigenvalue weighted by atomic mass is 127. The van der Waals surface area contributed by atoms with Crippen molar-refractivity contribution < 1.29 is 4.74 Å². The van der Waals surface area contributed by atoms with Crippen LogP contribution in [-0.4, -0.2) is 73.1 Å². The van der Waals surface area contributed by atoms with Gasteiger partial charge >= 0.3 is 0 Å². The molecule has 0 saturated carbocycles. The molecule has 0 amide bonds. The number of aliphatic imine (C=N–C) groups is 1. The number of ether oxygens (including phenoxy) is 1. The minimum Gasteiger partial charge on any atom is -0.374 e. The van der Waals surface area contributed by atoms with E-state index in [2.05, 4.69) is 45.7 Å². The maximum Gasteiger partial charge on any atom is 0.191 e. The largest absolute Gasteiger partial charge is 0.374 e. The van der Waals surface area contributed by atoms with Gasteiger partial charge in [-0.3, -0.25) is 14.6 Å². The number of hydrogen-bond donors (Lipinski definition) is 2. The fourth-order valence-corrected chi connectivity index (χ4v) is 3.12. The maximum atomic E-state index is 5.87. The van der Waals surface area contributed by atoms with Crippen LogP contribution in [0, 0.1) is 5.92 Å². The van der Waals surface area contributed by atoms with Gasteiger partial charge < -0.3 is 15.4 Å². The molecule has 1 saturated heterocycles. The first kappa shape index (κ1) is 23.2. The Kier molecular flexibility index (Phi) is 11.1. The fourth-order valence-electron chi connectivity index (χ4n) is 3.12. The summed E-state index contributed by atoms with van der Waals surface area (Å²) in [7, 11) is 3.76. The molecule has 0 aromatic carbocycles. The van der Waals surface area contributed by atoms with Gasteiger partial charge in [0.2, 0.25) is 0 Å². The van der Waals surface area contributed by atoms with Gasteiger partial charge in [0.1, 0.15) is 0 Å². The summed E-state index contributed by atoms with van der Waals surface area (Å²) in [6.45, 7) is 10.2. The molecule has 1 unspecified atom stereocenters. The summed E-state index contributed by atoms with van der Waals surface area (Å²) >= 11 is 0. The lowest BCUT2D eigenvalue weighted by Gasteiger charge is -2.34. The van der Waals surface area contributed by atoms with Gasteiger partial charge in [-0.25, -0.2) is 0 Å². The van der Waals surface area contributed by atoms with Crippen LogP contribution in [0.5, 0.6) is 0 Å². The number of aryl methyl sites for hydroxylation is 2. The third kappa shape index (κ3) is 8.68. The lowest BCUT2D eigenvalue weighted by molar-refractivity contribution is -0.0284. The molecule has 1 aromatic heterocycles. The van der Waals surface area contributed by atoms with Crippen molar-refractivity contribution in [3.05, 3.63) is 18.0 Å². The summed E-state index contributed by atoms with van der Waals surface area (Å²) in [6, 6.07) is 0. The van der Waals surface area contributed by atoms with E-state index < -0.39 is 0 Å². The zero-order valence-corrected chi connectivity index (χ0v) is 18.9. The van der Waals surface area contributed by atoms with Crippen molar-refractivity contribution >= 4 is 29.9 Å². The SMILES string of the molecule is CN=C(NCCCc1cnn(C)c1)NCC1CN(CC(C)C)CCO1.I. The number of nitrogens with one attached hydrogen (secondary N) is 2. The first-order valence-corrected chi connectivity index (χ1v) is 9.32. The van der Waals surface area contributed by atoms with Crippen LogP contribution in [0.25, 0.3) is 0 Å². The van der Waals surface area contributed by atoms with Gasteiger partial charge in [0.15, 0.2) is 5.96 Å². The molecular formula is C18H35IN6O. The van der Waals surface area contributed by atoms with Crippen LogP contribution in [-0.2, 0) is 18.2 Å². The quantitative estimate of drug-likeness (QED) is 0.257. The van der Waals surface area contributed by atoms with Crippen LogP contribution < -0.4 is 10.6 Å². The van der Waals surface area contributed by atoms with Crippen LogP contribution >= 0.6 is 24.0 Å². The molecule has 2 heterocycles. The molecule has 0 spiro atoms. The Hall–Kier alpha value is -0.870. The van der Waals surface area contributed by atoms with Crippen LogP contribution in [0.15, 0.2) is 17.4 Å². The zero-order chi connectivity index (χ0) is 18.1. The predicted octanol–water partition coefficient (Wildman–Crippen LogP) is 1.49. The third-order valence-corrected chi connectivity index (χ3v) is 4.26. The highest BCUT2D eigenvalue weighted by Gasteiger charge is 2.20. The minimum absolute atomic E-state index is 0. The number of morpholine rings is 1. The molecule has 1 atom stereocenters. The van der Waals surface area contributed by atoms with Crippen molar-refractivity contribution in [1.82, 2.24) is 25.3 Å². The van der Waals surface area contributed by atoms with Crippen LogP contribution in [0.4, 0.5) is 0 Å². The Morgan fingerprint density at radius 3 is 2.88 bits per heavy atom. The highest BCUT2D eigenvalue weighted by Crippen LogP contribution is 2.07. The van der Waals surface area contributed by atoms with E-state index in [1.807, 2.05) is 25.0 Å². The van der Waals surface area contributed by atoms with Crippen LogP contribution in [0.1, 0.15) is 25.8 Å². The summed E-state index contributed by atoms with van der Waals surface area (Å²) < 4.78 is 7.72. The minimum atomic E-state index is 0. The number of rotatable bonds is 8. The van der Waals surface area contributed by atoms with E-state index in [9.17, 15) is 0 Å². The van der Waals surface area contributed by atoms with Crippen molar-refractivity contribution in [1.29, 1.82) is 0 Å². The van der Waals surface area contributed by atoms with Gasteiger partial charge in [-0.05, 0) is 24.3 Å². The summed E-state index contributed by atoms with van der Waals surface area (Å²) in [4.78, 5) is 6.79. The Bertz CT molecular complexity index is 534. The zero-order valence-electron chi connectivity index (χ0n) is 16.6. The van der Waals surface area contributed by atoms with Crippen LogP contribution in [0.2, 0.25) is 0 Å². The predicted molar refractivity (Wildman–Crippen MR) is 117 cm³/mol. The molecule has 7 nitrogen and oxygen atoms in total. The van der Waals surface area contributed by atoms with E-state index >= 15 is 0 Å². The van der Waals surface area contributed by atoms with Gasteiger partial charge in [-0.1, -0.05) is 13.8 Å². The first-order valence-electron chi connectivity index (χ1n) is 9.32. The van der Waals surface area contributed by atoms with Gasteiger partial charge in [0.25, 0.3) is 0 Å². The van der Waals surface area contributed by atoms with Crippen molar-refractivity contribution in [2.45, 2.75) is 32.8 Å². The second kappa shape index (κ2) is 12.5. The molecule has 8 heteroatoms. The molecule has 150 valence electrons. The lowest BCUT2D eigenvalue weighted by Crippen LogP contribution is -2.50. The lowest BCUT2D eigenvalue weighted by atomic mass is 10.2. The molecule has 0 radical (unpaired) electrons. The van der Waals surface area contributed by atoms with E-state index in [4.69, 9.17) is 4.74 Å². The highest BCUT2D eigenvalue weighted by molar-refractivity contribution is 14.0. The average Bonchev–Trinajstić information content (AvgIpc) is 2.99. The number of nitrogens with zero attached hydrogens (tertiary/aromatic N) is 4. The van der Waals surface area contributed by atoms with Crippen molar-refractivity contribution in [2.24, 2.45) is 18.0 Å². The van der Waals surface area contributed by atoms with Crippen molar-refractivity contribution in [3.8, 4) is 0 Å². The molecule has 26 heavy (non-hydrogen) atoms. The summed E-state index contributed by atoms with van der Waals surface area (Å²) in [6.07, 6.45) is 6.29. The second-order valence-corrected chi connectivity index (χ2v) is 7.15. The topological polar surface area (TPSA) is 66.7 Å². The smallest absolute Gasteiger partial charge is 0.191 e. The first-order chi connectivity index (χ1) is 12.1. The number of halogens is 1. The molecule has 0 bridgehead atoms. The molecule has 1 fully saturated rings. The maximum absolute atomic E-state index is 5.87. The molecule has 2 rings (SSSR count). The van der Waals surface area contributed by atoms with E-state index in [-0.39, 0.29) is 30.1 Å². The van der Waals surface area contributed by atoms with E-state index in [1.165, 1.54) is 5.56 Å². The summed E-state index contributed by atoms with van der Waals surface area (Å²) in [5, 5.41) is 11.0. The monoisotopic (exact) mass is 478 g/mol. The molecule has 1 aromatic rings. The van der Waals surface area contributed by atoms with Crippen molar-refractivity contribution in [2.75, 3.05) is 46.4 Å².